The van der Waals surface area contributed by atoms with Gasteiger partial charge in [-0.25, -0.2) is 4.39 Å². The second-order valence-electron chi connectivity index (χ2n) is 5.25. The maximum atomic E-state index is 12.8. The van der Waals surface area contributed by atoms with Crippen molar-refractivity contribution in [3.63, 3.8) is 0 Å². The molecule has 3 nitrogen and oxygen atoms in total. The maximum Gasteiger partial charge on any atom is 0.222 e. The van der Waals surface area contributed by atoms with E-state index in [-0.39, 0.29) is 11.7 Å². The molecule has 23 heavy (non-hydrogen) atoms. The van der Waals surface area contributed by atoms with Crippen molar-refractivity contribution in [1.29, 1.82) is 0 Å². The third-order valence-electron chi connectivity index (χ3n) is 3.45. The summed E-state index contributed by atoms with van der Waals surface area (Å²) >= 11 is 3.42. The molecular weight excluding hydrogens is 361 g/mol. The van der Waals surface area contributed by atoms with Crippen LogP contribution >= 0.6 is 15.9 Å². The highest BCUT2D eigenvalue weighted by molar-refractivity contribution is 9.10. The average molecular weight is 380 g/mol. The van der Waals surface area contributed by atoms with Crippen LogP contribution in [0.2, 0.25) is 0 Å². The molecule has 2 aromatic rings. The monoisotopic (exact) mass is 379 g/mol. The van der Waals surface area contributed by atoms with Gasteiger partial charge in [-0.1, -0.05) is 28.1 Å². The molecule has 1 amide bonds. The first-order valence-electron chi connectivity index (χ1n) is 7.41. The van der Waals surface area contributed by atoms with Crippen LogP contribution in [0.1, 0.15) is 12.0 Å². The zero-order valence-corrected chi connectivity index (χ0v) is 14.6. The van der Waals surface area contributed by atoms with E-state index in [9.17, 15) is 9.18 Å². The van der Waals surface area contributed by atoms with Crippen molar-refractivity contribution >= 4 is 21.8 Å². The summed E-state index contributed by atoms with van der Waals surface area (Å²) in [5.41, 5.74) is 1.13. The van der Waals surface area contributed by atoms with E-state index < -0.39 is 0 Å². The first kappa shape index (κ1) is 17.5. The van der Waals surface area contributed by atoms with E-state index in [1.807, 2.05) is 24.3 Å². The molecule has 2 aromatic carbocycles. The Morgan fingerprint density at radius 1 is 1.22 bits per heavy atom. The quantitative estimate of drug-likeness (QED) is 0.725. The number of likely N-dealkylation sites (N-methyl/N-ethyl adjacent to an activating group) is 1. The summed E-state index contributed by atoms with van der Waals surface area (Å²) in [6.07, 6.45) is 1.17. The molecule has 0 heterocycles. The van der Waals surface area contributed by atoms with Gasteiger partial charge in [0.15, 0.2) is 0 Å². The maximum absolute atomic E-state index is 12.8. The van der Waals surface area contributed by atoms with Crippen LogP contribution in [0.25, 0.3) is 0 Å². The number of ether oxygens (including phenoxy) is 1. The predicted octanol–water partition coefficient (Wildman–Crippen LogP) is 4.06. The summed E-state index contributed by atoms with van der Waals surface area (Å²) in [7, 11) is 1.76. The van der Waals surface area contributed by atoms with Crippen LogP contribution in [-0.2, 0) is 11.2 Å². The van der Waals surface area contributed by atoms with Gasteiger partial charge in [-0.15, -0.1) is 0 Å². The van der Waals surface area contributed by atoms with Gasteiger partial charge in [0.1, 0.15) is 18.2 Å². The summed E-state index contributed by atoms with van der Waals surface area (Å²) in [5.74, 6) is 0.381. The Labute approximate surface area is 144 Å². The molecule has 0 spiro atoms. The third-order valence-corrected chi connectivity index (χ3v) is 3.94. The molecule has 0 unspecified atom stereocenters. The third kappa shape index (κ3) is 6.02. The van der Waals surface area contributed by atoms with Gasteiger partial charge < -0.3 is 9.64 Å². The van der Waals surface area contributed by atoms with E-state index in [1.54, 1.807) is 24.1 Å². The number of amides is 1. The van der Waals surface area contributed by atoms with Gasteiger partial charge in [0.05, 0.1) is 6.54 Å². The standard InChI is InChI=1S/C18H19BrFNO2/c1-21(11-12-23-17-8-6-16(20)7-9-17)18(22)10-5-14-3-2-4-15(19)13-14/h2-4,6-9,13H,5,10-12H2,1H3. The topological polar surface area (TPSA) is 29.5 Å². The second kappa shape index (κ2) is 8.67. The number of rotatable bonds is 7. The highest BCUT2D eigenvalue weighted by Crippen LogP contribution is 2.14. The average Bonchev–Trinajstić information content (AvgIpc) is 2.54. The fourth-order valence-corrected chi connectivity index (χ4v) is 2.54. The van der Waals surface area contributed by atoms with E-state index in [4.69, 9.17) is 4.74 Å². The van der Waals surface area contributed by atoms with Crippen molar-refractivity contribution in [3.8, 4) is 5.75 Å². The van der Waals surface area contributed by atoms with E-state index in [2.05, 4.69) is 15.9 Å². The lowest BCUT2D eigenvalue weighted by Gasteiger charge is -2.17. The van der Waals surface area contributed by atoms with Crippen LogP contribution in [0.4, 0.5) is 4.39 Å². The molecule has 5 heteroatoms. The van der Waals surface area contributed by atoms with E-state index in [1.165, 1.54) is 12.1 Å². The summed E-state index contributed by atoms with van der Waals surface area (Å²) in [4.78, 5) is 13.8. The molecule has 0 aliphatic heterocycles. The number of nitrogens with zero attached hydrogens (tertiary/aromatic N) is 1. The SMILES string of the molecule is CN(CCOc1ccc(F)cc1)C(=O)CCc1cccc(Br)c1. The highest BCUT2D eigenvalue weighted by Gasteiger charge is 2.09. The Balaban J connectivity index is 1.71. The number of benzene rings is 2. The minimum absolute atomic E-state index is 0.0766. The van der Waals surface area contributed by atoms with Crippen LogP contribution in [0.3, 0.4) is 0 Å². The first-order valence-corrected chi connectivity index (χ1v) is 8.20. The largest absolute Gasteiger partial charge is 0.492 e. The normalized spacial score (nSPS) is 10.4. The van der Waals surface area contributed by atoms with Crippen molar-refractivity contribution < 1.29 is 13.9 Å². The molecule has 0 saturated carbocycles. The predicted molar refractivity (Wildman–Crippen MR) is 92.0 cm³/mol. The van der Waals surface area contributed by atoms with Gasteiger partial charge >= 0.3 is 0 Å². The number of aryl methyl sites for hydroxylation is 1. The Morgan fingerprint density at radius 2 is 1.96 bits per heavy atom. The van der Waals surface area contributed by atoms with Crippen molar-refractivity contribution in [1.82, 2.24) is 4.90 Å². The van der Waals surface area contributed by atoms with Crippen LogP contribution in [0, 0.1) is 5.82 Å². The van der Waals surface area contributed by atoms with Crippen molar-refractivity contribution in [2.45, 2.75) is 12.8 Å². The number of carbonyl (C=O) groups is 1. The Bertz CT molecular complexity index is 646. The van der Waals surface area contributed by atoms with Gasteiger partial charge in [-0.2, -0.15) is 0 Å². The van der Waals surface area contributed by atoms with Gasteiger partial charge in [0.2, 0.25) is 5.91 Å². The second-order valence-corrected chi connectivity index (χ2v) is 6.16. The molecule has 0 N–H and O–H groups in total. The number of halogens is 2. The zero-order valence-electron chi connectivity index (χ0n) is 13.0. The molecule has 0 bridgehead atoms. The molecule has 0 aromatic heterocycles. The van der Waals surface area contributed by atoms with E-state index in [0.29, 0.717) is 31.7 Å². The summed E-state index contributed by atoms with van der Waals surface area (Å²) in [6.45, 7) is 0.874. The zero-order chi connectivity index (χ0) is 16.7. The molecule has 0 fully saturated rings. The molecule has 0 aliphatic rings. The minimum Gasteiger partial charge on any atom is -0.492 e. The number of hydrogen-bond donors (Lipinski definition) is 0. The Hall–Kier alpha value is -1.88. The molecule has 0 saturated heterocycles. The van der Waals surface area contributed by atoms with Crippen molar-refractivity contribution in [2.24, 2.45) is 0 Å². The fourth-order valence-electron chi connectivity index (χ4n) is 2.09. The lowest BCUT2D eigenvalue weighted by Crippen LogP contribution is -2.31. The van der Waals surface area contributed by atoms with Gasteiger partial charge in [-0.3, -0.25) is 4.79 Å². The summed E-state index contributed by atoms with van der Waals surface area (Å²) < 4.78 is 19.3. The van der Waals surface area contributed by atoms with Crippen LogP contribution < -0.4 is 4.74 Å². The van der Waals surface area contributed by atoms with Gasteiger partial charge in [-0.05, 0) is 48.4 Å². The molecule has 0 radical (unpaired) electrons. The van der Waals surface area contributed by atoms with Crippen LogP contribution in [0.15, 0.2) is 53.0 Å². The van der Waals surface area contributed by atoms with Gasteiger partial charge in [0.25, 0.3) is 0 Å². The minimum atomic E-state index is -0.294. The van der Waals surface area contributed by atoms with Crippen molar-refractivity contribution in [2.75, 3.05) is 20.2 Å². The van der Waals surface area contributed by atoms with E-state index >= 15 is 0 Å². The van der Waals surface area contributed by atoms with Crippen LogP contribution in [-0.4, -0.2) is 31.0 Å². The number of hydrogen-bond acceptors (Lipinski definition) is 2. The lowest BCUT2D eigenvalue weighted by molar-refractivity contribution is -0.130. The molecular formula is C18H19BrFNO2. The van der Waals surface area contributed by atoms with Gasteiger partial charge in [0, 0.05) is 17.9 Å². The van der Waals surface area contributed by atoms with E-state index in [0.717, 1.165) is 10.0 Å². The van der Waals surface area contributed by atoms with Crippen molar-refractivity contribution in [3.05, 3.63) is 64.4 Å². The molecule has 0 atom stereocenters. The molecule has 0 aliphatic carbocycles. The molecule has 122 valence electrons. The number of carbonyl (C=O) groups excluding carboxylic acids is 1. The first-order chi connectivity index (χ1) is 11.0. The fraction of sp³-hybridized carbons (Fsp3) is 0.278. The Morgan fingerprint density at radius 3 is 2.65 bits per heavy atom. The Kier molecular flexibility index (Phi) is 6.59. The van der Waals surface area contributed by atoms with Crippen LogP contribution in [0.5, 0.6) is 5.75 Å². The molecule has 2 rings (SSSR count). The highest BCUT2D eigenvalue weighted by atomic mass is 79.9. The summed E-state index contributed by atoms with van der Waals surface area (Å²) in [5, 5.41) is 0. The lowest BCUT2D eigenvalue weighted by atomic mass is 10.1. The summed E-state index contributed by atoms with van der Waals surface area (Å²) in [6, 6.07) is 13.8. The smallest absolute Gasteiger partial charge is 0.222 e.